The van der Waals surface area contributed by atoms with Gasteiger partial charge in [-0.25, -0.2) is 4.99 Å². The van der Waals surface area contributed by atoms with Crippen molar-refractivity contribution in [3.63, 3.8) is 0 Å². The minimum Gasteiger partial charge on any atom is -0.369 e. The lowest BCUT2D eigenvalue weighted by Gasteiger charge is -2.43. The zero-order chi connectivity index (χ0) is 22.3. The molecule has 168 valence electrons. The highest BCUT2D eigenvalue weighted by molar-refractivity contribution is 14.1. The Kier molecular flexibility index (Phi) is 6.08. The fraction of sp³-hybridized carbons (Fsp3) is 0.464. The van der Waals surface area contributed by atoms with Gasteiger partial charge in [-0.1, -0.05) is 68.3 Å². The van der Waals surface area contributed by atoms with E-state index in [1.165, 1.54) is 70.8 Å². The van der Waals surface area contributed by atoms with E-state index in [1.54, 1.807) is 0 Å². The molecule has 1 unspecified atom stereocenters. The predicted octanol–water partition coefficient (Wildman–Crippen LogP) is 6.84. The third kappa shape index (κ3) is 4.35. The molecule has 1 aliphatic heterocycles. The normalized spacial score (nSPS) is 24.5. The van der Waals surface area contributed by atoms with Gasteiger partial charge in [0.2, 0.25) is 0 Å². The summed E-state index contributed by atoms with van der Waals surface area (Å²) in [6.07, 6.45) is 10.7. The first-order valence-electron chi connectivity index (χ1n) is 12.1. The molecule has 3 nitrogen and oxygen atoms in total. The van der Waals surface area contributed by atoms with Crippen LogP contribution in [0.2, 0.25) is 0 Å². The summed E-state index contributed by atoms with van der Waals surface area (Å²) in [5.41, 5.74) is 12.8. The van der Waals surface area contributed by atoms with Gasteiger partial charge in [-0.05, 0) is 89.8 Å². The number of hydrogen-bond donors (Lipinski definition) is 1. The van der Waals surface area contributed by atoms with Crippen molar-refractivity contribution >= 4 is 28.6 Å². The van der Waals surface area contributed by atoms with Gasteiger partial charge in [0.25, 0.3) is 0 Å². The maximum Gasteiger partial charge on any atom is 0.196 e. The van der Waals surface area contributed by atoms with Crippen molar-refractivity contribution in [2.75, 3.05) is 0 Å². The maximum absolute atomic E-state index is 6.58. The minimum atomic E-state index is -0.366. The van der Waals surface area contributed by atoms with Crippen LogP contribution in [0.3, 0.4) is 0 Å². The first-order valence-corrected chi connectivity index (χ1v) is 13.2. The van der Waals surface area contributed by atoms with E-state index in [0.717, 1.165) is 24.5 Å². The number of aliphatic imine (C=N–C) groups is 1. The molecule has 1 atom stereocenters. The second-order valence-corrected chi connectivity index (χ2v) is 11.2. The molecule has 0 radical (unpaired) electrons. The molecular formula is C28H34IN3. The highest BCUT2D eigenvalue weighted by Crippen LogP contribution is 2.42. The molecule has 2 aromatic carbocycles. The van der Waals surface area contributed by atoms with Gasteiger partial charge in [0.1, 0.15) is 0 Å². The fourth-order valence-electron chi connectivity index (χ4n) is 5.61. The van der Waals surface area contributed by atoms with Crippen molar-refractivity contribution in [2.45, 2.75) is 82.2 Å². The second kappa shape index (κ2) is 8.85. The van der Waals surface area contributed by atoms with E-state index >= 15 is 0 Å². The zero-order valence-corrected chi connectivity index (χ0v) is 21.3. The van der Waals surface area contributed by atoms with Gasteiger partial charge < -0.3 is 10.6 Å². The Hall–Kier alpha value is -1.82. The molecule has 0 aromatic heterocycles. The number of guanidine groups is 1. The smallest absolute Gasteiger partial charge is 0.196 e. The molecule has 2 fully saturated rings. The van der Waals surface area contributed by atoms with Crippen LogP contribution in [0.4, 0.5) is 0 Å². The number of hydrogen-bond acceptors (Lipinski definition) is 3. The van der Waals surface area contributed by atoms with Gasteiger partial charge in [0.05, 0.1) is 5.54 Å². The molecule has 0 spiro atoms. The maximum atomic E-state index is 6.58. The third-order valence-electron chi connectivity index (χ3n) is 7.52. The van der Waals surface area contributed by atoms with Crippen molar-refractivity contribution in [3.05, 3.63) is 80.6 Å². The predicted molar refractivity (Wildman–Crippen MR) is 142 cm³/mol. The van der Waals surface area contributed by atoms with Crippen LogP contribution in [-0.4, -0.2) is 16.9 Å². The van der Waals surface area contributed by atoms with Crippen LogP contribution in [0.1, 0.15) is 86.5 Å². The number of rotatable bonds is 5. The van der Waals surface area contributed by atoms with E-state index in [4.69, 9.17) is 10.7 Å². The van der Waals surface area contributed by atoms with Crippen molar-refractivity contribution in [1.82, 2.24) is 4.90 Å². The van der Waals surface area contributed by atoms with Gasteiger partial charge in [-0.2, -0.15) is 0 Å². The van der Waals surface area contributed by atoms with E-state index in [-0.39, 0.29) is 5.54 Å². The molecule has 1 heterocycles. The Balaban J connectivity index is 1.40. The van der Waals surface area contributed by atoms with Gasteiger partial charge >= 0.3 is 0 Å². The summed E-state index contributed by atoms with van der Waals surface area (Å²) in [5.74, 6) is 1.45. The first-order chi connectivity index (χ1) is 15.4. The van der Waals surface area contributed by atoms with E-state index in [9.17, 15) is 0 Å². The van der Waals surface area contributed by atoms with E-state index < -0.39 is 0 Å². The average molecular weight is 540 g/mol. The first kappa shape index (κ1) is 22.0. The van der Waals surface area contributed by atoms with Gasteiger partial charge in [-0.3, -0.25) is 0 Å². The molecule has 2 aromatic rings. The topological polar surface area (TPSA) is 41.6 Å². The van der Waals surface area contributed by atoms with Crippen molar-refractivity contribution < 1.29 is 0 Å². The standard InChI is InChI=1S/C28H34IN3/c1-19-18-28(2,31-27(30)32(19)24-8-4-3-5-9-24)25-10-6-7-23(26(25)29)17-20-11-13-21(14-12-20)22-15-16-22/h6-7,10-14,22,24H,1,3-5,8-9,15-18H2,2H3,(H2,30,31). The second-order valence-electron chi connectivity index (χ2n) is 10.1. The highest BCUT2D eigenvalue weighted by atomic mass is 127. The lowest BCUT2D eigenvalue weighted by Crippen LogP contribution is -2.50. The van der Waals surface area contributed by atoms with Gasteiger partial charge in [-0.15, -0.1) is 0 Å². The lowest BCUT2D eigenvalue weighted by atomic mass is 9.84. The van der Waals surface area contributed by atoms with Crippen LogP contribution in [-0.2, 0) is 12.0 Å². The number of nitrogens with two attached hydrogens (primary N) is 1. The summed E-state index contributed by atoms with van der Waals surface area (Å²) in [7, 11) is 0. The SMILES string of the molecule is C=C1CC(C)(c2cccc(Cc3ccc(C4CC4)cc3)c2I)N=C(N)N1C1CCCCC1. The van der Waals surface area contributed by atoms with Crippen molar-refractivity contribution in [3.8, 4) is 0 Å². The van der Waals surface area contributed by atoms with E-state index in [2.05, 4.69) is 83.5 Å². The van der Waals surface area contributed by atoms with Gasteiger partial charge in [0, 0.05) is 21.7 Å². The summed E-state index contributed by atoms with van der Waals surface area (Å²) in [4.78, 5) is 7.33. The van der Waals surface area contributed by atoms with Crippen LogP contribution in [0.25, 0.3) is 0 Å². The molecule has 3 aliphatic rings. The minimum absolute atomic E-state index is 0.366. The van der Waals surface area contributed by atoms with Crippen molar-refractivity contribution in [2.24, 2.45) is 10.7 Å². The molecule has 2 saturated carbocycles. The van der Waals surface area contributed by atoms with Crippen LogP contribution < -0.4 is 5.73 Å². The number of nitrogens with zero attached hydrogens (tertiary/aromatic N) is 2. The molecule has 32 heavy (non-hydrogen) atoms. The lowest BCUT2D eigenvalue weighted by molar-refractivity contribution is 0.249. The Morgan fingerprint density at radius 3 is 2.44 bits per heavy atom. The summed E-state index contributed by atoms with van der Waals surface area (Å²) in [6, 6.07) is 16.4. The van der Waals surface area contributed by atoms with Crippen LogP contribution in [0.5, 0.6) is 0 Å². The Labute approximate surface area is 206 Å². The fourth-order valence-corrected chi connectivity index (χ4v) is 6.74. The zero-order valence-electron chi connectivity index (χ0n) is 19.1. The summed E-state index contributed by atoms with van der Waals surface area (Å²) in [5, 5.41) is 0. The molecule has 2 aliphatic carbocycles. The van der Waals surface area contributed by atoms with Crippen LogP contribution in [0, 0.1) is 3.57 Å². The Morgan fingerprint density at radius 1 is 1.06 bits per heavy atom. The Bertz CT molecular complexity index is 1030. The highest BCUT2D eigenvalue weighted by Gasteiger charge is 2.38. The summed E-state index contributed by atoms with van der Waals surface area (Å²) in [6.45, 7) is 6.67. The van der Waals surface area contributed by atoms with Gasteiger partial charge in [0.15, 0.2) is 5.96 Å². The Morgan fingerprint density at radius 2 is 1.78 bits per heavy atom. The number of halogens is 1. The molecule has 0 saturated heterocycles. The summed E-state index contributed by atoms with van der Waals surface area (Å²) >= 11 is 2.52. The van der Waals surface area contributed by atoms with Crippen LogP contribution >= 0.6 is 22.6 Å². The van der Waals surface area contributed by atoms with Crippen molar-refractivity contribution in [1.29, 1.82) is 0 Å². The van der Waals surface area contributed by atoms with E-state index in [1.807, 2.05) is 0 Å². The molecule has 4 heteroatoms. The molecule has 5 rings (SSSR count). The number of benzene rings is 2. The molecule has 2 N–H and O–H groups in total. The molecule has 0 bridgehead atoms. The quantitative estimate of drug-likeness (QED) is 0.423. The summed E-state index contributed by atoms with van der Waals surface area (Å²) < 4.78 is 1.30. The average Bonchev–Trinajstić information content (AvgIpc) is 3.61. The monoisotopic (exact) mass is 539 g/mol. The largest absolute Gasteiger partial charge is 0.369 e. The molecular weight excluding hydrogens is 505 g/mol. The third-order valence-corrected chi connectivity index (χ3v) is 8.79. The van der Waals surface area contributed by atoms with E-state index in [0.29, 0.717) is 12.0 Å². The molecule has 0 amide bonds. The van der Waals surface area contributed by atoms with Crippen LogP contribution in [0.15, 0.2) is 59.7 Å².